The Kier molecular flexibility index (Phi) is 4.24. The van der Waals surface area contributed by atoms with Crippen molar-refractivity contribution in [2.45, 2.75) is 31.7 Å². The van der Waals surface area contributed by atoms with Gasteiger partial charge in [-0.1, -0.05) is 15.9 Å². The highest BCUT2D eigenvalue weighted by Crippen LogP contribution is 2.30. The van der Waals surface area contributed by atoms with Gasteiger partial charge in [-0.15, -0.1) is 0 Å². The third kappa shape index (κ3) is 3.60. The van der Waals surface area contributed by atoms with Crippen LogP contribution in [0.25, 0.3) is 0 Å². The number of rotatable bonds is 2. The molecule has 1 atom stereocenters. The van der Waals surface area contributed by atoms with Gasteiger partial charge in [-0.2, -0.15) is 13.2 Å². The second-order valence-corrected chi connectivity index (χ2v) is 5.92. The molecule has 0 amide bonds. The maximum atomic E-state index is 12.7. The molecule has 1 fully saturated rings. The summed E-state index contributed by atoms with van der Waals surface area (Å²) in [6, 6.07) is 0.872. The Balaban J connectivity index is 2.26. The maximum Gasteiger partial charge on any atom is 0.433 e. The van der Waals surface area contributed by atoms with Crippen LogP contribution in [-0.2, 0) is 10.9 Å². The molecular formula is C12H15BrF3N3O. The lowest BCUT2D eigenvalue weighted by molar-refractivity contribution is -0.141. The molecule has 1 saturated heterocycles. The van der Waals surface area contributed by atoms with Crippen LogP contribution < -0.4 is 4.90 Å². The summed E-state index contributed by atoms with van der Waals surface area (Å²) in [5.74, 6) is 0.0853. The summed E-state index contributed by atoms with van der Waals surface area (Å²) >= 11 is 3.34. The SMILES string of the molecule is CC1(C)CN(c2nccc(C(F)(F)F)n2)CC(CBr)O1. The largest absolute Gasteiger partial charge is 0.433 e. The average Bonchev–Trinajstić information content (AvgIpc) is 2.36. The molecule has 1 aliphatic rings. The van der Waals surface area contributed by atoms with Gasteiger partial charge in [0.15, 0.2) is 0 Å². The van der Waals surface area contributed by atoms with E-state index in [0.717, 1.165) is 12.3 Å². The highest BCUT2D eigenvalue weighted by Gasteiger charge is 2.36. The van der Waals surface area contributed by atoms with Crippen LogP contribution in [0.4, 0.5) is 19.1 Å². The van der Waals surface area contributed by atoms with E-state index < -0.39 is 17.5 Å². The van der Waals surface area contributed by atoms with Gasteiger partial charge in [-0.3, -0.25) is 0 Å². The summed E-state index contributed by atoms with van der Waals surface area (Å²) in [5, 5.41) is 0.603. The van der Waals surface area contributed by atoms with Gasteiger partial charge in [0.05, 0.1) is 11.7 Å². The minimum atomic E-state index is -4.46. The van der Waals surface area contributed by atoms with Crippen molar-refractivity contribution in [3.63, 3.8) is 0 Å². The van der Waals surface area contributed by atoms with Crippen molar-refractivity contribution in [3.05, 3.63) is 18.0 Å². The van der Waals surface area contributed by atoms with Crippen molar-refractivity contribution in [1.29, 1.82) is 0 Å². The van der Waals surface area contributed by atoms with E-state index in [-0.39, 0.29) is 12.1 Å². The topological polar surface area (TPSA) is 38.2 Å². The standard InChI is InChI=1S/C12H15BrF3N3O/c1-11(2)7-19(6-8(5-13)20-11)10-17-4-3-9(18-10)12(14,15)16/h3-4,8H,5-7H2,1-2H3. The summed E-state index contributed by atoms with van der Waals surface area (Å²) < 4.78 is 43.9. The number of ether oxygens (including phenoxy) is 1. The van der Waals surface area contributed by atoms with E-state index >= 15 is 0 Å². The molecule has 0 N–H and O–H groups in total. The average molecular weight is 354 g/mol. The maximum absolute atomic E-state index is 12.7. The molecule has 1 aromatic heterocycles. The van der Waals surface area contributed by atoms with Crippen LogP contribution in [0.3, 0.4) is 0 Å². The zero-order chi connectivity index (χ0) is 15.0. The van der Waals surface area contributed by atoms with Crippen molar-refractivity contribution < 1.29 is 17.9 Å². The molecule has 8 heteroatoms. The van der Waals surface area contributed by atoms with Gasteiger partial charge >= 0.3 is 6.18 Å². The molecule has 1 aromatic rings. The second-order valence-electron chi connectivity index (χ2n) is 5.27. The van der Waals surface area contributed by atoms with Gasteiger partial charge in [-0.05, 0) is 19.9 Å². The van der Waals surface area contributed by atoms with Crippen LogP contribution in [0.15, 0.2) is 12.3 Å². The van der Waals surface area contributed by atoms with E-state index in [2.05, 4.69) is 25.9 Å². The third-order valence-corrected chi connectivity index (χ3v) is 3.59. The van der Waals surface area contributed by atoms with Crippen LogP contribution in [-0.4, -0.2) is 40.1 Å². The molecule has 0 saturated carbocycles. The Morgan fingerprint density at radius 2 is 2.20 bits per heavy atom. The van der Waals surface area contributed by atoms with Gasteiger partial charge in [0.25, 0.3) is 0 Å². The summed E-state index contributed by atoms with van der Waals surface area (Å²) in [4.78, 5) is 9.30. The normalized spacial score (nSPS) is 22.9. The zero-order valence-electron chi connectivity index (χ0n) is 11.1. The highest BCUT2D eigenvalue weighted by molar-refractivity contribution is 9.09. The summed E-state index contributed by atoms with van der Waals surface area (Å²) in [6.45, 7) is 4.68. The molecule has 0 aromatic carbocycles. The molecule has 0 bridgehead atoms. The summed E-state index contributed by atoms with van der Waals surface area (Å²) in [5.41, 5.74) is -1.39. The first kappa shape index (κ1) is 15.5. The number of hydrogen-bond donors (Lipinski definition) is 0. The predicted octanol–water partition coefficient (Wildman–Crippen LogP) is 2.87. The Hall–Kier alpha value is -0.890. The Morgan fingerprint density at radius 1 is 1.50 bits per heavy atom. The molecule has 112 valence electrons. The molecule has 4 nitrogen and oxygen atoms in total. The number of anilines is 1. The quantitative estimate of drug-likeness (QED) is 0.766. The van der Waals surface area contributed by atoms with E-state index in [1.165, 1.54) is 0 Å². The number of alkyl halides is 4. The minimum absolute atomic E-state index is 0.0853. The van der Waals surface area contributed by atoms with Crippen molar-refractivity contribution in [2.75, 3.05) is 23.3 Å². The minimum Gasteiger partial charge on any atom is -0.368 e. The molecule has 2 heterocycles. The first-order valence-corrected chi connectivity index (χ1v) is 7.22. The lowest BCUT2D eigenvalue weighted by Crippen LogP contribution is -2.54. The van der Waals surface area contributed by atoms with Crippen LogP contribution in [0, 0.1) is 0 Å². The molecular weight excluding hydrogens is 339 g/mol. The Labute approximate surface area is 123 Å². The Morgan fingerprint density at radius 3 is 2.80 bits per heavy atom. The summed E-state index contributed by atoms with van der Waals surface area (Å²) in [6.07, 6.45) is -3.44. The molecule has 1 unspecified atom stereocenters. The first-order chi connectivity index (χ1) is 9.21. The zero-order valence-corrected chi connectivity index (χ0v) is 12.7. The smallest absolute Gasteiger partial charge is 0.368 e. The van der Waals surface area contributed by atoms with Crippen molar-refractivity contribution in [1.82, 2.24) is 9.97 Å². The molecule has 20 heavy (non-hydrogen) atoms. The fourth-order valence-corrected chi connectivity index (χ4v) is 2.52. The van der Waals surface area contributed by atoms with Crippen molar-refractivity contribution in [2.24, 2.45) is 0 Å². The fourth-order valence-electron chi connectivity index (χ4n) is 2.19. The van der Waals surface area contributed by atoms with Gasteiger partial charge in [0.1, 0.15) is 5.69 Å². The summed E-state index contributed by atoms with van der Waals surface area (Å²) in [7, 11) is 0. The van der Waals surface area contributed by atoms with Crippen molar-refractivity contribution in [3.8, 4) is 0 Å². The number of hydrogen-bond acceptors (Lipinski definition) is 4. The molecule has 0 aliphatic carbocycles. The lowest BCUT2D eigenvalue weighted by atomic mass is 10.1. The number of aromatic nitrogens is 2. The molecule has 2 rings (SSSR count). The van der Waals surface area contributed by atoms with Crippen LogP contribution in [0.1, 0.15) is 19.5 Å². The van der Waals surface area contributed by atoms with E-state index in [1.54, 1.807) is 4.90 Å². The number of halogens is 4. The van der Waals surface area contributed by atoms with E-state index in [9.17, 15) is 13.2 Å². The van der Waals surface area contributed by atoms with Gasteiger partial charge in [0.2, 0.25) is 5.95 Å². The first-order valence-electron chi connectivity index (χ1n) is 6.10. The third-order valence-electron chi connectivity index (χ3n) is 2.87. The van der Waals surface area contributed by atoms with Crippen LogP contribution in [0.2, 0.25) is 0 Å². The highest BCUT2D eigenvalue weighted by atomic mass is 79.9. The van der Waals surface area contributed by atoms with E-state index in [1.807, 2.05) is 13.8 Å². The van der Waals surface area contributed by atoms with Gasteiger partial charge in [0, 0.05) is 24.6 Å². The second kappa shape index (κ2) is 5.48. The lowest BCUT2D eigenvalue weighted by Gasteiger charge is -2.42. The number of nitrogens with zero attached hydrogens (tertiary/aromatic N) is 3. The van der Waals surface area contributed by atoms with Crippen LogP contribution in [0.5, 0.6) is 0 Å². The van der Waals surface area contributed by atoms with Crippen molar-refractivity contribution >= 4 is 21.9 Å². The van der Waals surface area contributed by atoms with Gasteiger partial charge < -0.3 is 9.64 Å². The molecule has 1 aliphatic heterocycles. The number of morpholine rings is 1. The van der Waals surface area contributed by atoms with Crippen LogP contribution >= 0.6 is 15.9 Å². The molecule has 0 spiro atoms. The Bertz CT molecular complexity index is 481. The fraction of sp³-hybridized carbons (Fsp3) is 0.667. The monoisotopic (exact) mass is 353 g/mol. The van der Waals surface area contributed by atoms with Gasteiger partial charge in [-0.25, -0.2) is 9.97 Å². The van der Waals surface area contributed by atoms with E-state index in [0.29, 0.717) is 18.4 Å². The predicted molar refractivity (Wildman–Crippen MR) is 72.0 cm³/mol. The van der Waals surface area contributed by atoms with E-state index in [4.69, 9.17) is 4.74 Å². The molecule has 0 radical (unpaired) electrons.